The summed E-state index contributed by atoms with van der Waals surface area (Å²) in [5.41, 5.74) is 6.78. The van der Waals surface area contributed by atoms with Crippen LogP contribution in [0.4, 0.5) is 10.1 Å². The Labute approximate surface area is 104 Å². The standard InChI is InChI=1S/C13H16FN3O/c1-2-5-16-6-7-17(13(16)18)9-10-8-11(14)3-4-12(10)15/h3-4,6-8H,2,5,9,15H2,1H3. The van der Waals surface area contributed by atoms with Gasteiger partial charge in [0, 0.05) is 24.6 Å². The number of benzene rings is 1. The van der Waals surface area contributed by atoms with Crippen molar-refractivity contribution >= 4 is 5.69 Å². The Kier molecular flexibility index (Phi) is 3.50. The lowest BCUT2D eigenvalue weighted by atomic mass is 10.2. The molecule has 5 heteroatoms. The molecule has 2 aromatic rings. The van der Waals surface area contributed by atoms with Gasteiger partial charge in [-0.2, -0.15) is 0 Å². The number of anilines is 1. The molecular weight excluding hydrogens is 233 g/mol. The molecule has 0 atom stereocenters. The van der Waals surface area contributed by atoms with E-state index in [1.807, 2.05) is 6.92 Å². The maximum Gasteiger partial charge on any atom is 0.328 e. The molecule has 96 valence electrons. The zero-order chi connectivity index (χ0) is 13.1. The predicted molar refractivity (Wildman–Crippen MR) is 68.9 cm³/mol. The van der Waals surface area contributed by atoms with Gasteiger partial charge in [0.1, 0.15) is 5.82 Å². The fraction of sp³-hybridized carbons (Fsp3) is 0.308. The number of halogens is 1. The molecule has 0 aliphatic rings. The van der Waals surface area contributed by atoms with Crippen LogP contribution in [-0.2, 0) is 13.1 Å². The van der Waals surface area contributed by atoms with E-state index in [9.17, 15) is 9.18 Å². The maximum atomic E-state index is 13.1. The number of hydrogen-bond donors (Lipinski definition) is 1. The van der Waals surface area contributed by atoms with Crippen LogP contribution >= 0.6 is 0 Å². The Morgan fingerprint density at radius 2 is 2.00 bits per heavy atom. The first-order valence-corrected chi connectivity index (χ1v) is 5.91. The zero-order valence-electron chi connectivity index (χ0n) is 10.3. The largest absolute Gasteiger partial charge is 0.398 e. The lowest BCUT2D eigenvalue weighted by Crippen LogP contribution is -2.24. The van der Waals surface area contributed by atoms with Crippen molar-refractivity contribution < 1.29 is 4.39 Å². The minimum absolute atomic E-state index is 0.0967. The predicted octanol–water partition coefficient (Wildman–Crippen LogP) is 1.83. The van der Waals surface area contributed by atoms with Crippen LogP contribution in [0.1, 0.15) is 18.9 Å². The molecule has 0 fully saturated rings. The minimum Gasteiger partial charge on any atom is -0.398 e. The van der Waals surface area contributed by atoms with Gasteiger partial charge in [-0.25, -0.2) is 9.18 Å². The SMILES string of the molecule is CCCn1ccn(Cc2cc(F)ccc2N)c1=O. The number of nitrogen functional groups attached to an aromatic ring is 1. The van der Waals surface area contributed by atoms with Crippen LogP contribution in [-0.4, -0.2) is 9.13 Å². The van der Waals surface area contributed by atoms with Crippen LogP contribution in [0.15, 0.2) is 35.4 Å². The fourth-order valence-electron chi connectivity index (χ4n) is 1.88. The quantitative estimate of drug-likeness (QED) is 0.840. The molecule has 0 saturated carbocycles. The highest BCUT2D eigenvalue weighted by Crippen LogP contribution is 2.14. The highest BCUT2D eigenvalue weighted by molar-refractivity contribution is 5.46. The van der Waals surface area contributed by atoms with Gasteiger partial charge in [0.2, 0.25) is 0 Å². The Hall–Kier alpha value is -2.04. The molecule has 0 bridgehead atoms. The van der Waals surface area contributed by atoms with Gasteiger partial charge in [-0.05, 0) is 30.2 Å². The first-order chi connectivity index (χ1) is 8.61. The molecule has 0 amide bonds. The number of nitrogens with zero attached hydrogens (tertiary/aromatic N) is 2. The summed E-state index contributed by atoms with van der Waals surface area (Å²) >= 11 is 0. The highest BCUT2D eigenvalue weighted by atomic mass is 19.1. The highest BCUT2D eigenvalue weighted by Gasteiger charge is 2.06. The van der Waals surface area contributed by atoms with Crippen molar-refractivity contribution in [3.05, 3.63) is 52.5 Å². The Bertz CT molecular complexity index is 601. The molecular formula is C13H16FN3O. The molecule has 2 rings (SSSR count). The van der Waals surface area contributed by atoms with Crippen LogP contribution in [0.5, 0.6) is 0 Å². The first-order valence-electron chi connectivity index (χ1n) is 5.91. The van der Waals surface area contributed by atoms with E-state index in [1.54, 1.807) is 17.0 Å². The Morgan fingerprint density at radius 3 is 2.72 bits per heavy atom. The van der Waals surface area contributed by atoms with Crippen LogP contribution < -0.4 is 11.4 Å². The van der Waals surface area contributed by atoms with E-state index in [0.29, 0.717) is 24.3 Å². The van der Waals surface area contributed by atoms with Crippen molar-refractivity contribution in [2.75, 3.05) is 5.73 Å². The van der Waals surface area contributed by atoms with Gasteiger partial charge < -0.3 is 5.73 Å². The Morgan fingerprint density at radius 1 is 1.28 bits per heavy atom. The average Bonchev–Trinajstić information content (AvgIpc) is 2.67. The zero-order valence-corrected chi connectivity index (χ0v) is 10.3. The number of imidazole rings is 1. The van der Waals surface area contributed by atoms with Crippen LogP contribution in [0.2, 0.25) is 0 Å². The number of hydrogen-bond acceptors (Lipinski definition) is 2. The number of rotatable bonds is 4. The topological polar surface area (TPSA) is 52.9 Å². The van der Waals surface area contributed by atoms with Crippen LogP contribution in [0, 0.1) is 5.82 Å². The van der Waals surface area contributed by atoms with Crippen molar-refractivity contribution in [1.82, 2.24) is 9.13 Å². The summed E-state index contributed by atoms with van der Waals surface area (Å²) in [5.74, 6) is -0.347. The molecule has 0 unspecified atom stereocenters. The van der Waals surface area contributed by atoms with Crippen molar-refractivity contribution in [1.29, 1.82) is 0 Å². The molecule has 1 aromatic heterocycles. The molecule has 4 nitrogen and oxygen atoms in total. The molecule has 0 radical (unpaired) electrons. The minimum atomic E-state index is -0.347. The summed E-state index contributed by atoms with van der Waals surface area (Å²) in [6, 6.07) is 4.18. The summed E-state index contributed by atoms with van der Waals surface area (Å²) in [5, 5.41) is 0. The third-order valence-corrected chi connectivity index (χ3v) is 2.83. The second-order valence-electron chi connectivity index (χ2n) is 4.25. The average molecular weight is 249 g/mol. The summed E-state index contributed by atoms with van der Waals surface area (Å²) in [6.07, 6.45) is 4.33. The van der Waals surface area contributed by atoms with Gasteiger partial charge in [-0.15, -0.1) is 0 Å². The monoisotopic (exact) mass is 249 g/mol. The smallest absolute Gasteiger partial charge is 0.328 e. The fourth-order valence-corrected chi connectivity index (χ4v) is 1.88. The lowest BCUT2D eigenvalue weighted by molar-refractivity contribution is 0.614. The van der Waals surface area contributed by atoms with Gasteiger partial charge in [0.25, 0.3) is 0 Å². The molecule has 1 heterocycles. The van der Waals surface area contributed by atoms with Gasteiger partial charge in [0.15, 0.2) is 0 Å². The normalized spacial score (nSPS) is 10.8. The van der Waals surface area contributed by atoms with E-state index in [4.69, 9.17) is 5.73 Å². The molecule has 0 saturated heterocycles. The molecule has 0 spiro atoms. The van der Waals surface area contributed by atoms with Gasteiger partial charge in [-0.1, -0.05) is 6.92 Å². The van der Waals surface area contributed by atoms with Gasteiger partial charge >= 0.3 is 5.69 Å². The van der Waals surface area contributed by atoms with Crippen molar-refractivity contribution in [3.63, 3.8) is 0 Å². The first kappa shape index (κ1) is 12.4. The van der Waals surface area contributed by atoms with Crippen LogP contribution in [0.25, 0.3) is 0 Å². The number of nitrogens with two attached hydrogens (primary N) is 1. The van der Waals surface area contributed by atoms with E-state index in [2.05, 4.69) is 0 Å². The number of aryl methyl sites for hydroxylation is 1. The van der Waals surface area contributed by atoms with Gasteiger partial charge in [0.05, 0.1) is 6.54 Å². The molecule has 18 heavy (non-hydrogen) atoms. The van der Waals surface area contributed by atoms with Crippen molar-refractivity contribution in [3.8, 4) is 0 Å². The second kappa shape index (κ2) is 5.08. The maximum absolute atomic E-state index is 13.1. The third-order valence-electron chi connectivity index (χ3n) is 2.83. The molecule has 2 N–H and O–H groups in total. The molecule has 0 aliphatic heterocycles. The third kappa shape index (κ3) is 2.45. The molecule has 1 aromatic carbocycles. The lowest BCUT2D eigenvalue weighted by Gasteiger charge is -2.06. The van der Waals surface area contributed by atoms with Crippen molar-refractivity contribution in [2.45, 2.75) is 26.4 Å². The van der Waals surface area contributed by atoms with Crippen molar-refractivity contribution in [2.24, 2.45) is 0 Å². The van der Waals surface area contributed by atoms with E-state index >= 15 is 0 Å². The summed E-state index contributed by atoms with van der Waals surface area (Å²) < 4.78 is 16.3. The van der Waals surface area contributed by atoms with E-state index < -0.39 is 0 Å². The van der Waals surface area contributed by atoms with Gasteiger partial charge in [-0.3, -0.25) is 9.13 Å². The Balaban J connectivity index is 2.29. The second-order valence-corrected chi connectivity index (χ2v) is 4.25. The van der Waals surface area contributed by atoms with E-state index in [-0.39, 0.29) is 11.5 Å². The summed E-state index contributed by atoms with van der Waals surface area (Å²) in [4.78, 5) is 12.0. The van der Waals surface area contributed by atoms with Crippen LogP contribution in [0.3, 0.4) is 0 Å². The van der Waals surface area contributed by atoms with E-state index in [1.165, 1.54) is 22.8 Å². The molecule has 0 aliphatic carbocycles. The summed E-state index contributed by atoms with van der Waals surface area (Å²) in [7, 11) is 0. The number of aromatic nitrogens is 2. The van der Waals surface area contributed by atoms with E-state index in [0.717, 1.165) is 6.42 Å². The summed E-state index contributed by atoms with van der Waals surface area (Å²) in [6.45, 7) is 2.98.